The van der Waals surface area contributed by atoms with E-state index in [0.717, 1.165) is 19.3 Å². The van der Waals surface area contributed by atoms with Crippen molar-refractivity contribution in [1.29, 1.82) is 0 Å². The van der Waals surface area contributed by atoms with E-state index < -0.39 is 0 Å². The van der Waals surface area contributed by atoms with Crippen LogP contribution in [0.25, 0.3) is 0 Å². The second kappa shape index (κ2) is 6.74. The van der Waals surface area contributed by atoms with Gasteiger partial charge < -0.3 is 4.90 Å². The van der Waals surface area contributed by atoms with Crippen molar-refractivity contribution in [1.82, 2.24) is 10.2 Å². The Bertz CT molecular complexity index is 305. The van der Waals surface area contributed by atoms with E-state index in [1.165, 1.54) is 32.1 Å². The normalized spacial score (nSPS) is 35.9. The van der Waals surface area contributed by atoms with Crippen molar-refractivity contribution in [3.8, 4) is 0 Å². The molecule has 1 N–H and O–H groups in total. The Morgan fingerprint density at radius 2 is 2.00 bits per heavy atom. The summed E-state index contributed by atoms with van der Waals surface area (Å²) in [5.41, 5.74) is 0. The van der Waals surface area contributed by atoms with Crippen LogP contribution in [0.2, 0.25) is 0 Å². The zero-order valence-electron chi connectivity index (χ0n) is 12.8. The third kappa shape index (κ3) is 3.13. The van der Waals surface area contributed by atoms with Crippen LogP contribution in [0.1, 0.15) is 72.1 Å². The van der Waals surface area contributed by atoms with E-state index in [9.17, 15) is 4.79 Å². The molecular weight excluding hydrogens is 236 g/mol. The molecule has 0 bridgehead atoms. The fourth-order valence-corrected chi connectivity index (χ4v) is 3.75. The number of carbonyl (C=O) groups is 1. The van der Waals surface area contributed by atoms with Crippen LogP contribution in [-0.2, 0) is 4.79 Å². The summed E-state index contributed by atoms with van der Waals surface area (Å²) in [7, 11) is 0. The van der Waals surface area contributed by atoms with Crippen molar-refractivity contribution in [2.24, 2.45) is 5.92 Å². The molecule has 1 saturated carbocycles. The minimum absolute atomic E-state index is 0.0824. The molecule has 2 fully saturated rings. The second-order valence-electron chi connectivity index (χ2n) is 6.36. The standard InChI is InChI=1S/C16H30N2O/c1-4-6-10-13-16(19)18(15(5-2)17-13)14-11-8-7-9-12(14)3/h12-15,17H,4-11H2,1-3H3. The fraction of sp³-hybridized carbons (Fsp3) is 0.938. The molecule has 2 rings (SSSR count). The van der Waals surface area contributed by atoms with Gasteiger partial charge in [0.15, 0.2) is 0 Å². The van der Waals surface area contributed by atoms with E-state index >= 15 is 0 Å². The molecule has 0 spiro atoms. The summed E-state index contributed by atoms with van der Waals surface area (Å²) < 4.78 is 0. The Kier molecular flexibility index (Phi) is 5.26. The van der Waals surface area contributed by atoms with Gasteiger partial charge in [-0.05, 0) is 31.6 Å². The van der Waals surface area contributed by atoms with E-state index in [1.807, 2.05) is 0 Å². The zero-order valence-corrected chi connectivity index (χ0v) is 12.8. The van der Waals surface area contributed by atoms with Gasteiger partial charge in [0.2, 0.25) is 5.91 Å². The third-order valence-electron chi connectivity index (χ3n) is 4.94. The first-order valence-electron chi connectivity index (χ1n) is 8.27. The van der Waals surface area contributed by atoms with Gasteiger partial charge in [-0.1, -0.05) is 46.5 Å². The maximum Gasteiger partial charge on any atom is 0.241 e. The fourth-order valence-electron chi connectivity index (χ4n) is 3.75. The average molecular weight is 266 g/mol. The first-order chi connectivity index (χ1) is 9.19. The van der Waals surface area contributed by atoms with Gasteiger partial charge in [-0.15, -0.1) is 0 Å². The summed E-state index contributed by atoms with van der Waals surface area (Å²) in [6, 6.07) is 0.560. The van der Waals surface area contributed by atoms with Gasteiger partial charge in [0, 0.05) is 6.04 Å². The maximum atomic E-state index is 12.7. The molecule has 1 heterocycles. The highest BCUT2D eigenvalue weighted by Gasteiger charge is 2.43. The quantitative estimate of drug-likeness (QED) is 0.828. The van der Waals surface area contributed by atoms with E-state index in [4.69, 9.17) is 0 Å². The molecule has 2 aliphatic rings. The molecule has 3 nitrogen and oxygen atoms in total. The first-order valence-corrected chi connectivity index (χ1v) is 8.27. The summed E-state index contributed by atoms with van der Waals surface area (Å²) in [6.45, 7) is 6.70. The Morgan fingerprint density at radius 1 is 1.26 bits per heavy atom. The van der Waals surface area contributed by atoms with Crippen molar-refractivity contribution < 1.29 is 4.79 Å². The SMILES string of the molecule is CCCCC1NC(CC)N(C2CCCCC2C)C1=O. The second-order valence-corrected chi connectivity index (χ2v) is 6.36. The lowest BCUT2D eigenvalue weighted by molar-refractivity contribution is -0.134. The summed E-state index contributed by atoms with van der Waals surface area (Å²) in [5.74, 6) is 1.04. The molecule has 3 heteroatoms. The van der Waals surface area contributed by atoms with Crippen molar-refractivity contribution in [3.05, 3.63) is 0 Å². The van der Waals surface area contributed by atoms with Gasteiger partial charge in [0.1, 0.15) is 0 Å². The van der Waals surface area contributed by atoms with Gasteiger partial charge in [0.05, 0.1) is 12.2 Å². The van der Waals surface area contributed by atoms with Crippen molar-refractivity contribution in [3.63, 3.8) is 0 Å². The number of hydrogen-bond acceptors (Lipinski definition) is 2. The van der Waals surface area contributed by atoms with Crippen molar-refractivity contribution in [2.75, 3.05) is 0 Å². The summed E-state index contributed by atoms with van der Waals surface area (Å²) in [5, 5.41) is 3.57. The van der Waals surface area contributed by atoms with E-state index in [-0.39, 0.29) is 12.2 Å². The molecule has 110 valence electrons. The largest absolute Gasteiger partial charge is 0.323 e. The lowest BCUT2D eigenvalue weighted by Gasteiger charge is -2.39. The molecule has 0 aromatic carbocycles. The molecule has 19 heavy (non-hydrogen) atoms. The van der Waals surface area contributed by atoms with Crippen molar-refractivity contribution in [2.45, 2.75) is 90.4 Å². The minimum Gasteiger partial charge on any atom is -0.323 e. The van der Waals surface area contributed by atoms with Crippen LogP contribution in [0.15, 0.2) is 0 Å². The van der Waals surface area contributed by atoms with Gasteiger partial charge in [-0.3, -0.25) is 10.1 Å². The highest BCUT2D eigenvalue weighted by molar-refractivity contribution is 5.84. The Labute approximate surface area is 118 Å². The molecule has 1 aliphatic heterocycles. The van der Waals surface area contributed by atoms with Crippen LogP contribution in [0.3, 0.4) is 0 Å². The van der Waals surface area contributed by atoms with Gasteiger partial charge in [-0.2, -0.15) is 0 Å². The smallest absolute Gasteiger partial charge is 0.241 e. The Hall–Kier alpha value is -0.570. The number of nitrogens with zero attached hydrogens (tertiary/aromatic N) is 1. The maximum absolute atomic E-state index is 12.7. The van der Waals surface area contributed by atoms with Crippen LogP contribution in [0.4, 0.5) is 0 Å². The number of hydrogen-bond donors (Lipinski definition) is 1. The molecular formula is C16H30N2O. The molecule has 4 unspecified atom stereocenters. The van der Waals surface area contributed by atoms with Crippen LogP contribution < -0.4 is 5.32 Å². The average Bonchev–Trinajstić information content (AvgIpc) is 2.73. The highest BCUT2D eigenvalue weighted by atomic mass is 16.2. The lowest BCUT2D eigenvalue weighted by Crippen LogP contribution is -2.48. The monoisotopic (exact) mass is 266 g/mol. The zero-order chi connectivity index (χ0) is 13.8. The molecule has 4 atom stereocenters. The predicted molar refractivity (Wildman–Crippen MR) is 78.8 cm³/mol. The Morgan fingerprint density at radius 3 is 2.63 bits per heavy atom. The molecule has 0 radical (unpaired) electrons. The third-order valence-corrected chi connectivity index (χ3v) is 4.94. The topological polar surface area (TPSA) is 32.3 Å². The van der Waals surface area contributed by atoms with E-state index in [1.54, 1.807) is 0 Å². The lowest BCUT2D eigenvalue weighted by atomic mass is 9.84. The van der Waals surface area contributed by atoms with E-state index in [0.29, 0.717) is 17.9 Å². The van der Waals surface area contributed by atoms with Gasteiger partial charge in [0.25, 0.3) is 0 Å². The number of amides is 1. The van der Waals surface area contributed by atoms with Crippen LogP contribution >= 0.6 is 0 Å². The summed E-state index contributed by atoms with van der Waals surface area (Å²) in [4.78, 5) is 14.9. The first kappa shape index (κ1) is 14.8. The molecule has 1 amide bonds. The number of carbonyl (C=O) groups excluding carboxylic acids is 1. The molecule has 0 aromatic rings. The predicted octanol–water partition coefficient (Wildman–Crippen LogP) is 3.29. The van der Waals surface area contributed by atoms with E-state index in [2.05, 4.69) is 31.0 Å². The number of unbranched alkanes of at least 4 members (excludes halogenated alkanes) is 1. The van der Waals surface area contributed by atoms with Gasteiger partial charge in [-0.25, -0.2) is 0 Å². The van der Waals surface area contributed by atoms with Crippen LogP contribution in [0, 0.1) is 5.92 Å². The summed E-state index contributed by atoms with van der Waals surface area (Å²) in [6.07, 6.45) is 9.73. The number of rotatable bonds is 5. The van der Waals surface area contributed by atoms with Gasteiger partial charge >= 0.3 is 0 Å². The van der Waals surface area contributed by atoms with Crippen molar-refractivity contribution >= 4 is 5.91 Å². The molecule has 0 aromatic heterocycles. The minimum atomic E-state index is 0.0824. The molecule has 1 aliphatic carbocycles. The number of nitrogens with one attached hydrogen (secondary N) is 1. The Balaban J connectivity index is 2.06. The summed E-state index contributed by atoms with van der Waals surface area (Å²) >= 11 is 0. The highest BCUT2D eigenvalue weighted by Crippen LogP contribution is 2.32. The van der Waals surface area contributed by atoms with Crippen LogP contribution in [-0.4, -0.2) is 29.1 Å². The van der Waals surface area contributed by atoms with Crippen LogP contribution in [0.5, 0.6) is 0 Å². The molecule has 1 saturated heterocycles.